The topological polar surface area (TPSA) is 81.7 Å². The molecule has 0 atom stereocenters. The van der Waals surface area contributed by atoms with Gasteiger partial charge >= 0.3 is 11.9 Å². The molecule has 1 N–H and O–H groups in total. The van der Waals surface area contributed by atoms with Crippen LogP contribution in [0.25, 0.3) is 0 Å². The van der Waals surface area contributed by atoms with Crippen LogP contribution in [0.3, 0.4) is 0 Å². The molecule has 0 aliphatic carbocycles. The lowest BCUT2D eigenvalue weighted by molar-refractivity contribution is -0.133. The van der Waals surface area contributed by atoms with Gasteiger partial charge in [0.2, 0.25) is 0 Å². The van der Waals surface area contributed by atoms with Crippen LogP contribution >= 0.6 is 0 Å². The maximum absolute atomic E-state index is 12.3. The van der Waals surface area contributed by atoms with Gasteiger partial charge in [-0.25, -0.2) is 0 Å². The summed E-state index contributed by atoms with van der Waals surface area (Å²) >= 11 is 0. The fraction of sp³-hybridized carbons (Fsp3) is 0.471. The van der Waals surface area contributed by atoms with Gasteiger partial charge in [-0.1, -0.05) is 26.2 Å². The first-order chi connectivity index (χ1) is 10.9. The third kappa shape index (κ3) is 6.95. The van der Waals surface area contributed by atoms with Crippen LogP contribution in [-0.4, -0.2) is 24.4 Å². The van der Waals surface area contributed by atoms with E-state index in [4.69, 9.17) is 9.47 Å². The zero-order valence-electron chi connectivity index (χ0n) is 13.8. The Morgan fingerprint density at radius 1 is 1.00 bits per heavy atom. The van der Waals surface area contributed by atoms with Crippen LogP contribution in [0, 0.1) is 0 Å². The third-order valence-electron chi connectivity index (χ3n) is 3.03. The lowest BCUT2D eigenvalue weighted by Crippen LogP contribution is -2.25. The predicted molar refractivity (Wildman–Crippen MR) is 85.5 cm³/mol. The van der Waals surface area contributed by atoms with Crippen LogP contribution in [0.2, 0.25) is 0 Å². The lowest BCUT2D eigenvalue weighted by Gasteiger charge is -2.11. The van der Waals surface area contributed by atoms with Crippen LogP contribution in [-0.2, 0) is 9.59 Å². The highest BCUT2D eigenvalue weighted by atomic mass is 16.5. The van der Waals surface area contributed by atoms with E-state index in [0.29, 0.717) is 6.54 Å². The van der Waals surface area contributed by atoms with E-state index in [1.165, 1.54) is 32.0 Å². The van der Waals surface area contributed by atoms with E-state index in [9.17, 15) is 14.4 Å². The quantitative estimate of drug-likeness (QED) is 0.452. The minimum atomic E-state index is -0.526. The van der Waals surface area contributed by atoms with E-state index >= 15 is 0 Å². The van der Waals surface area contributed by atoms with Crippen molar-refractivity contribution >= 4 is 17.8 Å². The Balaban J connectivity index is 2.83. The van der Waals surface area contributed by atoms with Gasteiger partial charge in [-0.3, -0.25) is 14.4 Å². The second-order valence-corrected chi connectivity index (χ2v) is 5.16. The number of hydrogen-bond donors (Lipinski definition) is 1. The number of rotatable bonds is 8. The molecule has 0 fully saturated rings. The Morgan fingerprint density at radius 3 is 2.30 bits per heavy atom. The van der Waals surface area contributed by atoms with Crippen molar-refractivity contribution in [1.29, 1.82) is 0 Å². The molecule has 0 saturated carbocycles. The molecular formula is C17H23NO5. The average molecular weight is 321 g/mol. The number of ether oxygens (including phenoxy) is 2. The smallest absolute Gasteiger partial charge is 0.308 e. The van der Waals surface area contributed by atoms with Gasteiger partial charge in [0, 0.05) is 20.4 Å². The number of carbonyl (C=O) groups is 3. The normalized spacial score (nSPS) is 10.0. The molecule has 0 aromatic heterocycles. The van der Waals surface area contributed by atoms with Gasteiger partial charge in [-0.05, 0) is 24.6 Å². The molecule has 1 aromatic carbocycles. The average Bonchev–Trinajstić information content (AvgIpc) is 2.47. The maximum Gasteiger partial charge on any atom is 0.308 e. The number of benzene rings is 1. The molecule has 6 nitrogen and oxygen atoms in total. The minimum absolute atomic E-state index is 0.138. The summed E-state index contributed by atoms with van der Waals surface area (Å²) in [6.45, 7) is 5.18. The van der Waals surface area contributed by atoms with E-state index < -0.39 is 11.9 Å². The number of hydrogen-bond acceptors (Lipinski definition) is 5. The van der Waals surface area contributed by atoms with Crippen LogP contribution in [0.15, 0.2) is 18.2 Å². The van der Waals surface area contributed by atoms with Crippen molar-refractivity contribution in [2.45, 2.75) is 46.5 Å². The molecule has 23 heavy (non-hydrogen) atoms. The fourth-order valence-electron chi connectivity index (χ4n) is 2.01. The van der Waals surface area contributed by atoms with Gasteiger partial charge < -0.3 is 14.8 Å². The van der Waals surface area contributed by atoms with Gasteiger partial charge in [0.25, 0.3) is 5.91 Å². The molecule has 0 aliphatic rings. The lowest BCUT2D eigenvalue weighted by atomic mass is 10.1. The van der Waals surface area contributed by atoms with Gasteiger partial charge in [0.1, 0.15) is 11.5 Å². The summed E-state index contributed by atoms with van der Waals surface area (Å²) in [6, 6.07) is 4.30. The Kier molecular flexibility index (Phi) is 7.80. The zero-order valence-corrected chi connectivity index (χ0v) is 13.8. The Morgan fingerprint density at radius 2 is 1.70 bits per heavy atom. The van der Waals surface area contributed by atoms with Crippen molar-refractivity contribution in [2.75, 3.05) is 6.54 Å². The molecule has 0 radical (unpaired) electrons. The van der Waals surface area contributed by atoms with Gasteiger partial charge in [0.15, 0.2) is 0 Å². The van der Waals surface area contributed by atoms with Crippen molar-refractivity contribution < 1.29 is 23.9 Å². The van der Waals surface area contributed by atoms with Crippen LogP contribution < -0.4 is 14.8 Å². The first kappa shape index (κ1) is 18.7. The molecule has 1 amide bonds. The molecule has 6 heteroatoms. The highest BCUT2D eigenvalue weighted by Gasteiger charge is 2.16. The Hall–Kier alpha value is -2.37. The van der Waals surface area contributed by atoms with Gasteiger partial charge in [-0.2, -0.15) is 0 Å². The molecule has 1 rings (SSSR count). The largest absolute Gasteiger partial charge is 0.427 e. The molecule has 0 bridgehead atoms. The van der Waals surface area contributed by atoms with Gasteiger partial charge in [0.05, 0.1) is 5.56 Å². The van der Waals surface area contributed by atoms with Crippen molar-refractivity contribution in [3.05, 3.63) is 23.8 Å². The SMILES string of the molecule is CCCCCCNC(=O)c1cc(OC(C)=O)ccc1OC(C)=O. The summed E-state index contributed by atoms with van der Waals surface area (Å²) in [5.74, 6) is -1.02. The molecular weight excluding hydrogens is 298 g/mol. The van der Waals surface area contributed by atoms with Crippen molar-refractivity contribution in [3.8, 4) is 11.5 Å². The summed E-state index contributed by atoms with van der Waals surface area (Å²) in [5, 5.41) is 2.78. The zero-order chi connectivity index (χ0) is 17.2. The van der Waals surface area contributed by atoms with Crippen LogP contribution in [0.1, 0.15) is 56.8 Å². The standard InChI is InChI=1S/C17H23NO5/c1-4-5-6-7-10-18-17(21)15-11-14(22-12(2)19)8-9-16(15)23-13(3)20/h8-9,11H,4-7,10H2,1-3H3,(H,18,21). The summed E-state index contributed by atoms with van der Waals surface area (Å²) in [7, 11) is 0. The summed E-state index contributed by atoms with van der Waals surface area (Å²) in [6.07, 6.45) is 4.17. The molecule has 0 spiro atoms. The minimum Gasteiger partial charge on any atom is -0.427 e. The van der Waals surface area contributed by atoms with E-state index in [1.54, 1.807) is 0 Å². The van der Waals surface area contributed by atoms with E-state index in [1.807, 2.05) is 0 Å². The predicted octanol–water partition coefficient (Wildman–Crippen LogP) is 2.85. The number of esters is 2. The molecule has 1 aromatic rings. The molecule has 126 valence electrons. The fourth-order valence-corrected chi connectivity index (χ4v) is 2.01. The molecule has 0 unspecified atom stereocenters. The Labute approximate surface area is 136 Å². The van der Waals surface area contributed by atoms with E-state index in [0.717, 1.165) is 25.7 Å². The van der Waals surface area contributed by atoms with E-state index in [2.05, 4.69) is 12.2 Å². The number of unbranched alkanes of at least 4 members (excludes halogenated alkanes) is 3. The molecule has 0 heterocycles. The second-order valence-electron chi connectivity index (χ2n) is 5.16. The van der Waals surface area contributed by atoms with Gasteiger partial charge in [-0.15, -0.1) is 0 Å². The van der Waals surface area contributed by atoms with Crippen molar-refractivity contribution in [2.24, 2.45) is 0 Å². The van der Waals surface area contributed by atoms with E-state index in [-0.39, 0.29) is 23.0 Å². The second kappa shape index (κ2) is 9.61. The first-order valence-corrected chi connectivity index (χ1v) is 7.73. The molecule has 0 aliphatic heterocycles. The summed E-state index contributed by atoms with van der Waals surface area (Å²) in [5.41, 5.74) is 0.162. The third-order valence-corrected chi connectivity index (χ3v) is 3.03. The summed E-state index contributed by atoms with van der Waals surface area (Å²) < 4.78 is 9.99. The van der Waals surface area contributed by atoms with Crippen LogP contribution in [0.5, 0.6) is 11.5 Å². The highest BCUT2D eigenvalue weighted by Crippen LogP contribution is 2.24. The Bertz CT molecular complexity index is 568. The maximum atomic E-state index is 12.3. The number of amides is 1. The number of carbonyl (C=O) groups excluding carboxylic acids is 3. The van der Waals surface area contributed by atoms with Crippen LogP contribution in [0.4, 0.5) is 0 Å². The first-order valence-electron chi connectivity index (χ1n) is 7.73. The summed E-state index contributed by atoms with van der Waals surface area (Å²) in [4.78, 5) is 34.4. The monoisotopic (exact) mass is 321 g/mol. The van der Waals surface area contributed by atoms with Crippen molar-refractivity contribution in [3.63, 3.8) is 0 Å². The van der Waals surface area contributed by atoms with Crippen molar-refractivity contribution in [1.82, 2.24) is 5.32 Å². The molecule has 0 saturated heterocycles. The number of nitrogens with one attached hydrogen (secondary N) is 1. The highest BCUT2D eigenvalue weighted by molar-refractivity contribution is 5.98.